The number of nitrogens with one attached hydrogen (secondary N) is 1. The van der Waals surface area contributed by atoms with Crippen LogP contribution in [-0.4, -0.2) is 42.9 Å². The van der Waals surface area contributed by atoms with Gasteiger partial charge < -0.3 is 20.5 Å². The lowest BCUT2D eigenvalue weighted by molar-refractivity contribution is -0.123. The molecule has 3 unspecified atom stereocenters. The maximum absolute atomic E-state index is 11.7. The first kappa shape index (κ1) is 16.6. The van der Waals surface area contributed by atoms with Crippen LogP contribution in [0.1, 0.15) is 26.3 Å². The molecule has 6 nitrogen and oxygen atoms in total. The maximum atomic E-state index is 11.7. The molecule has 0 saturated heterocycles. The van der Waals surface area contributed by atoms with Gasteiger partial charge in [-0.15, -0.1) is 0 Å². The third-order valence-electron chi connectivity index (χ3n) is 4.04. The third kappa shape index (κ3) is 3.90. The standard InChI is InChI=1S/C16H25N3O3/c1-10(19(4)12(3)18-16(20)11(2)17)7-13-5-6-14-15(8-13)22-9-21-14/h5-6,8,10-12H,7,9,17H2,1-4H3,(H,18,20). The van der Waals surface area contributed by atoms with E-state index in [4.69, 9.17) is 15.2 Å². The molecule has 6 heteroatoms. The first-order chi connectivity index (χ1) is 10.4. The largest absolute Gasteiger partial charge is 0.454 e. The van der Waals surface area contributed by atoms with Crippen molar-refractivity contribution in [2.45, 2.75) is 45.4 Å². The average molecular weight is 307 g/mol. The van der Waals surface area contributed by atoms with Crippen molar-refractivity contribution >= 4 is 5.91 Å². The number of benzene rings is 1. The second-order valence-electron chi connectivity index (χ2n) is 5.88. The highest BCUT2D eigenvalue weighted by atomic mass is 16.7. The number of nitrogens with zero attached hydrogens (tertiary/aromatic N) is 1. The lowest BCUT2D eigenvalue weighted by Gasteiger charge is -2.31. The van der Waals surface area contributed by atoms with Crippen molar-refractivity contribution in [3.8, 4) is 11.5 Å². The highest BCUT2D eigenvalue weighted by molar-refractivity contribution is 5.81. The second-order valence-corrected chi connectivity index (χ2v) is 5.88. The lowest BCUT2D eigenvalue weighted by Crippen LogP contribution is -2.52. The van der Waals surface area contributed by atoms with E-state index < -0.39 is 6.04 Å². The fourth-order valence-electron chi connectivity index (χ4n) is 2.37. The Morgan fingerprint density at radius 2 is 2.00 bits per heavy atom. The molecule has 0 radical (unpaired) electrons. The number of amides is 1. The summed E-state index contributed by atoms with van der Waals surface area (Å²) in [5, 5.41) is 2.90. The summed E-state index contributed by atoms with van der Waals surface area (Å²) in [7, 11) is 1.99. The minimum absolute atomic E-state index is 0.0810. The predicted octanol–water partition coefficient (Wildman–Crippen LogP) is 1.09. The van der Waals surface area contributed by atoms with E-state index in [-0.39, 0.29) is 24.9 Å². The van der Waals surface area contributed by atoms with Gasteiger partial charge in [-0.3, -0.25) is 9.69 Å². The fourth-order valence-corrected chi connectivity index (χ4v) is 2.37. The topological polar surface area (TPSA) is 76.8 Å². The minimum Gasteiger partial charge on any atom is -0.454 e. The first-order valence-electron chi connectivity index (χ1n) is 7.55. The number of nitrogens with two attached hydrogens (primary N) is 1. The SMILES string of the molecule is CC(N)C(=O)NC(C)N(C)C(C)Cc1ccc2c(c1)OCO2. The van der Waals surface area contributed by atoms with E-state index in [1.807, 2.05) is 32.2 Å². The highest BCUT2D eigenvalue weighted by Gasteiger charge is 2.20. The van der Waals surface area contributed by atoms with Gasteiger partial charge in [-0.25, -0.2) is 0 Å². The van der Waals surface area contributed by atoms with Crippen LogP contribution in [0.3, 0.4) is 0 Å². The Morgan fingerprint density at radius 1 is 1.32 bits per heavy atom. The molecule has 1 aromatic rings. The van der Waals surface area contributed by atoms with Gasteiger partial charge in [0.05, 0.1) is 12.2 Å². The van der Waals surface area contributed by atoms with Crippen molar-refractivity contribution < 1.29 is 14.3 Å². The molecular weight excluding hydrogens is 282 g/mol. The Bertz CT molecular complexity index is 533. The number of fused-ring (bicyclic) bond motifs is 1. The molecule has 122 valence electrons. The van der Waals surface area contributed by atoms with E-state index >= 15 is 0 Å². The minimum atomic E-state index is -0.500. The van der Waals surface area contributed by atoms with Gasteiger partial charge in [0.2, 0.25) is 12.7 Å². The second kappa shape index (κ2) is 6.98. The van der Waals surface area contributed by atoms with Crippen molar-refractivity contribution in [3.63, 3.8) is 0 Å². The van der Waals surface area contributed by atoms with Crippen LogP contribution in [0, 0.1) is 0 Å². The molecule has 1 aromatic carbocycles. The van der Waals surface area contributed by atoms with Crippen LogP contribution in [-0.2, 0) is 11.2 Å². The molecular formula is C16H25N3O3. The molecule has 0 fully saturated rings. The molecule has 1 aliphatic heterocycles. The summed E-state index contributed by atoms with van der Waals surface area (Å²) in [6.07, 6.45) is 0.772. The summed E-state index contributed by atoms with van der Waals surface area (Å²) < 4.78 is 10.7. The quantitative estimate of drug-likeness (QED) is 0.769. The Hall–Kier alpha value is -1.79. The third-order valence-corrected chi connectivity index (χ3v) is 4.04. The zero-order valence-electron chi connectivity index (χ0n) is 13.6. The molecule has 1 heterocycles. The van der Waals surface area contributed by atoms with E-state index in [9.17, 15) is 4.79 Å². The van der Waals surface area contributed by atoms with Crippen LogP contribution in [0.4, 0.5) is 0 Å². The van der Waals surface area contributed by atoms with Crippen LogP contribution in [0.25, 0.3) is 0 Å². The Kier molecular flexibility index (Phi) is 5.26. The molecule has 22 heavy (non-hydrogen) atoms. The number of hydrogen-bond donors (Lipinski definition) is 2. The van der Waals surface area contributed by atoms with Crippen LogP contribution < -0.4 is 20.5 Å². The van der Waals surface area contributed by atoms with Gasteiger partial charge in [0, 0.05) is 6.04 Å². The molecule has 0 aromatic heterocycles. The Morgan fingerprint density at radius 3 is 2.68 bits per heavy atom. The lowest BCUT2D eigenvalue weighted by atomic mass is 10.1. The number of hydrogen-bond acceptors (Lipinski definition) is 5. The summed E-state index contributed by atoms with van der Waals surface area (Å²) in [6.45, 7) is 6.04. The van der Waals surface area contributed by atoms with Crippen molar-refractivity contribution in [2.24, 2.45) is 5.73 Å². The highest BCUT2D eigenvalue weighted by Crippen LogP contribution is 2.32. The normalized spacial score (nSPS) is 17.2. The number of rotatable bonds is 6. The zero-order chi connectivity index (χ0) is 16.3. The molecule has 0 aliphatic carbocycles. The smallest absolute Gasteiger partial charge is 0.237 e. The molecule has 0 spiro atoms. The van der Waals surface area contributed by atoms with Gasteiger partial charge >= 0.3 is 0 Å². The number of carbonyl (C=O) groups is 1. The molecule has 0 saturated carbocycles. The van der Waals surface area contributed by atoms with Crippen molar-refractivity contribution in [1.82, 2.24) is 10.2 Å². The van der Waals surface area contributed by atoms with E-state index in [2.05, 4.69) is 17.1 Å². The van der Waals surface area contributed by atoms with Crippen LogP contribution in [0.5, 0.6) is 11.5 Å². The van der Waals surface area contributed by atoms with Gasteiger partial charge in [-0.1, -0.05) is 6.07 Å². The maximum Gasteiger partial charge on any atom is 0.237 e. The molecule has 1 aliphatic rings. The summed E-state index contributed by atoms with van der Waals surface area (Å²) in [5.41, 5.74) is 6.76. The van der Waals surface area contributed by atoms with Gasteiger partial charge in [-0.2, -0.15) is 0 Å². The number of ether oxygens (including phenoxy) is 2. The van der Waals surface area contributed by atoms with E-state index in [1.165, 1.54) is 5.56 Å². The summed E-state index contributed by atoms with van der Waals surface area (Å²) in [4.78, 5) is 13.8. The van der Waals surface area contributed by atoms with Gasteiger partial charge in [0.15, 0.2) is 11.5 Å². The summed E-state index contributed by atoms with van der Waals surface area (Å²) >= 11 is 0. The van der Waals surface area contributed by atoms with Gasteiger partial charge in [0.25, 0.3) is 0 Å². The Balaban J connectivity index is 1.93. The molecule has 0 bridgehead atoms. The first-order valence-corrected chi connectivity index (χ1v) is 7.55. The average Bonchev–Trinajstić information content (AvgIpc) is 2.93. The van der Waals surface area contributed by atoms with Crippen LogP contribution in [0.2, 0.25) is 0 Å². The van der Waals surface area contributed by atoms with Crippen molar-refractivity contribution in [1.29, 1.82) is 0 Å². The van der Waals surface area contributed by atoms with E-state index in [1.54, 1.807) is 6.92 Å². The summed E-state index contributed by atoms with van der Waals surface area (Å²) in [6, 6.07) is 5.75. The number of carbonyl (C=O) groups excluding carboxylic acids is 1. The molecule has 2 rings (SSSR count). The predicted molar refractivity (Wildman–Crippen MR) is 84.7 cm³/mol. The van der Waals surface area contributed by atoms with Gasteiger partial charge in [-0.05, 0) is 51.9 Å². The van der Waals surface area contributed by atoms with Gasteiger partial charge in [0.1, 0.15) is 0 Å². The van der Waals surface area contributed by atoms with E-state index in [0.29, 0.717) is 0 Å². The monoisotopic (exact) mass is 307 g/mol. The summed E-state index contributed by atoms with van der Waals surface area (Å²) in [5.74, 6) is 1.45. The molecule has 3 N–H and O–H groups in total. The Labute approximate surface area is 131 Å². The molecule has 3 atom stereocenters. The zero-order valence-corrected chi connectivity index (χ0v) is 13.6. The van der Waals surface area contributed by atoms with Crippen molar-refractivity contribution in [2.75, 3.05) is 13.8 Å². The van der Waals surface area contributed by atoms with Crippen molar-refractivity contribution in [3.05, 3.63) is 23.8 Å². The van der Waals surface area contributed by atoms with Crippen LogP contribution in [0.15, 0.2) is 18.2 Å². The molecule has 1 amide bonds. The fraction of sp³-hybridized carbons (Fsp3) is 0.562. The van der Waals surface area contributed by atoms with E-state index in [0.717, 1.165) is 17.9 Å². The van der Waals surface area contributed by atoms with Crippen LogP contribution >= 0.6 is 0 Å². The number of likely N-dealkylation sites (N-methyl/N-ethyl adjacent to an activating group) is 1.